The number of hydrogen-bond donors (Lipinski definition) is 1. The van der Waals surface area contributed by atoms with Gasteiger partial charge in [0.1, 0.15) is 0 Å². The molecule has 5 heteroatoms. The van der Waals surface area contributed by atoms with Gasteiger partial charge in [0.05, 0.1) is 0 Å². The molecule has 0 unspecified atom stereocenters. The molecule has 0 aliphatic heterocycles. The van der Waals surface area contributed by atoms with Gasteiger partial charge in [-0.15, -0.1) is 0 Å². The SMILES string of the molecule is Nc1ccc(C(=O)c2ccc(Cl)cc2Br)c(Br)c1. The topological polar surface area (TPSA) is 43.1 Å². The van der Waals surface area contributed by atoms with E-state index in [1.54, 1.807) is 36.4 Å². The van der Waals surface area contributed by atoms with E-state index in [-0.39, 0.29) is 5.78 Å². The van der Waals surface area contributed by atoms with Crippen LogP contribution in [0, 0.1) is 0 Å². The minimum absolute atomic E-state index is 0.0922. The first-order valence-corrected chi connectivity index (χ1v) is 7.00. The summed E-state index contributed by atoms with van der Waals surface area (Å²) in [6.45, 7) is 0. The molecule has 0 atom stereocenters. The summed E-state index contributed by atoms with van der Waals surface area (Å²) >= 11 is 12.5. The Morgan fingerprint density at radius 1 is 1.00 bits per heavy atom. The summed E-state index contributed by atoms with van der Waals surface area (Å²) in [5.74, 6) is -0.0922. The largest absolute Gasteiger partial charge is 0.399 e. The van der Waals surface area contributed by atoms with E-state index < -0.39 is 0 Å². The van der Waals surface area contributed by atoms with Gasteiger partial charge >= 0.3 is 0 Å². The van der Waals surface area contributed by atoms with Crippen LogP contribution in [0.15, 0.2) is 45.3 Å². The van der Waals surface area contributed by atoms with E-state index in [2.05, 4.69) is 31.9 Å². The van der Waals surface area contributed by atoms with Crippen LogP contribution in [-0.4, -0.2) is 5.78 Å². The zero-order valence-corrected chi connectivity index (χ0v) is 13.0. The van der Waals surface area contributed by atoms with Gasteiger partial charge in [0.2, 0.25) is 0 Å². The van der Waals surface area contributed by atoms with Crippen molar-refractivity contribution in [2.24, 2.45) is 0 Å². The fourth-order valence-electron chi connectivity index (χ4n) is 1.53. The summed E-state index contributed by atoms with van der Waals surface area (Å²) in [5.41, 5.74) is 7.38. The monoisotopic (exact) mass is 387 g/mol. The van der Waals surface area contributed by atoms with Crippen LogP contribution < -0.4 is 5.73 Å². The van der Waals surface area contributed by atoms with Crippen molar-refractivity contribution in [3.8, 4) is 0 Å². The Bertz CT molecular complexity index is 575. The quantitative estimate of drug-likeness (QED) is 0.599. The van der Waals surface area contributed by atoms with Crippen molar-refractivity contribution in [2.75, 3.05) is 5.73 Å². The second-order valence-corrected chi connectivity index (χ2v) is 5.84. The van der Waals surface area contributed by atoms with E-state index >= 15 is 0 Å². The zero-order valence-electron chi connectivity index (χ0n) is 9.08. The van der Waals surface area contributed by atoms with Gasteiger partial charge in [0.25, 0.3) is 0 Å². The zero-order chi connectivity index (χ0) is 13.3. The third kappa shape index (κ3) is 2.76. The van der Waals surface area contributed by atoms with Crippen LogP contribution >= 0.6 is 43.5 Å². The normalized spacial score (nSPS) is 10.4. The van der Waals surface area contributed by atoms with Gasteiger partial charge in [-0.2, -0.15) is 0 Å². The minimum Gasteiger partial charge on any atom is -0.399 e. The van der Waals surface area contributed by atoms with Crippen molar-refractivity contribution >= 4 is 54.9 Å². The lowest BCUT2D eigenvalue weighted by Gasteiger charge is -2.07. The average Bonchev–Trinajstić information content (AvgIpc) is 2.28. The third-order valence-corrected chi connectivity index (χ3v) is 3.96. The molecule has 0 aliphatic rings. The van der Waals surface area contributed by atoms with Gasteiger partial charge in [0.15, 0.2) is 5.78 Å². The highest BCUT2D eigenvalue weighted by molar-refractivity contribution is 9.11. The molecule has 0 amide bonds. The molecule has 2 rings (SSSR count). The fraction of sp³-hybridized carbons (Fsp3) is 0. The van der Waals surface area contributed by atoms with E-state index in [1.165, 1.54) is 0 Å². The molecule has 0 saturated carbocycles. The molecule has 2 aromatic carbocycles. The molecule has 92 valence electrons. The number of nitrogens with two attached hydrogens (primary N) is 1. The molecular weight excluding hydrogens is 381 g/mol. The van der Waals surface area contributed by atoms with Gasteiger partial charge in [-0.25, -0.2) is 0 Å². The van der Waals surface area contributed by atoms with Gasteiger partial charge in [-0.05, 0) is 68.3 Å². The molecule has 0 bridgehead atoms. The van der Waals surface area contributed by atoms with E-state index in [9.17, 15) is 4.79 Å². The highest BCUT2D eigenvalue weighted by Crippen LogP contribution is 2.27. The first-order valence-electron chi connectivity index (χ1n) is 5.04. The summed E-state index contributed by atoms with van der Waals surface area (Å²) in [6, 6.07) is 10.2. The van der Waals surface area contributed by atoms with Crippen molar-refractivity contribution in [1.82, 2.24) is 0 Å². The van der Waals surface area contributed by atoms with E-state index in [1.807, 2.05) is 0 Å². The molecular formula is C13H8Br2ClNO. The average molecular weight is 389 g/mol. The highest BCUT2D eigenvalue weighted by atomic mass is 79.9. The second-order valence-electron chi connectivity index (χ2n) is 3.69. The van der Waals surface area contributed by atoms with Gasteiger partial charge in [-0.1, -0.05) is 11.6 Å². The van der Waals surface area contributed by atoms with Crippen molar-refractivity contribution < 1.29 is 4.79 Å². The van der Waals surface area contributed by atoms with Crippen LogP contribution in [0.2, 0.25) is 5.02 Å². The maximum absolute atomic E-state index is 12.4. The molecule has 0 heterocycles. The first kappa shape index (κ1) is 13.6. The Labute approximate surface area is 126 Å². The van der Waals surface area contributed by atoms with Crippen LogP contribution in [0.1, 0.15) is 15.9 Å². The summed E-state index contributed by atoms with van der Waals surface area (Å²) in [7, 11) is 0. The van der Waals surface area contributed by atoms with Crippen LogP contribution in [0.4, 0.5) is 5.69 Å². The lowest BCUT2D eigenvalue weighted by atomic mass is 10.0. The van der Waals surface area contributed by atoms with Crippen molar-refractivity contribution in [3.05, 3.63) is 61.5 Å². The number of hydrogen-bond acceptors (Lipinski definition) is 2. The van der Waals surface area contributed by atoms with E-state index in [4.69, 9.17) is 17.3 Å². The van der Waals surface area contributed by atoms with Crippen LogP contribution in [0.5, 0.6) is 0 Å². The minimum atomic E-state index is -0.0922. The fourth-order valence-corrected chi connectivity index (χ4v) is 2.97. The number of rotatable bonds is 2. The van der Waals surface area contributed by atoms with Crippen molar-refractivity contribution in [1.29, 1.82) is 0 Å². The molecule has 0 spiro atoms. The molecule has 2 N–H and O–H groups in total. The lowest BCUT2D eigenvalue weighted by molar-refractivity contribution is 0.103. The lowest BCUT2D eigenvalue weighted by Crippen LogP contribution is -2.03. The Morgan fingerprint density at radius 3 is 2.11 bits per heavy atom. The second kappa shape index (κ2) is 5.43. The summed E-state index contributed by atoms with van der Waals surface area (Å²) in [5, 5.41) is 0.579. The van der Waals surface area contributed by atoms with Crippen LogP contribution in [0.25, 0.3) is 0 Å². The Morgan fingerprint density at radius 2 is 1.56 bits per heavy atom. The molecule has 2 aromatic rings. The molecule has 2 nitrogen and oxygen atoms in total. The smallest absolute Gasteiger partial charge is 0.195 e. The maximum atomic E-state index is 12.4. The molecule has 0 fully saturated rings. The molecule has 0 saturated heterocycles. The van der Waals surface area contributed by atoms with Crippen LogP contribution in [0.3, 0.4) is 0 Å². The van der Waals surface area contributed by atoms with Crippen molar-refractivity contribution in [3.63, 3.8) is 0 Å². The summed E-state index contributed by atoms with van der Waals surface area (Å²) < 4.78 is 1.35. The predicted octanol–water partition coefficient (Wildman–Crippen LogP) is 4.68. The number of halogens is 3. The number of benzene rings is 2. The maximum Gasteiger partial charge on any atom is 0.195 e. The van der Waals surface area contributed by atoms with Crippen LogP contribution in [-0.2, 0) is 0 Å². The third-order valence-electron chi connectivity index (χ3n) is 2.41. The standard InChI is InChI=1S/C13H8Br2ClNO/c14-11-5-7(16)1-3-9(11)13(18)10-4-2-8(17)6-12(10)15/h1-6H,17H2. The number of anilines is 1. The number of carbonyl (C=O) groups is 1. The Kier molecular flexibility index (Phi) is 4.10. The van der Waals surface area contributed by atoms with Gasteiger partial charge in [-0.3, -0.25) is 4.79 Å². The predicted molar refractivity (Wildman–Crippen MR) is 81.1 cm³/mol. The highest BCUT2D eigenvalue weighted by Gasteiger charge is 2.15. The number of ketones is 1. The summed E-state index contributed by atoms with van der Waals surface area (Å²) in [4.78, 5) is 12.4. The molecule has 0 aromatic heterocycles. The summed E-state index contributed by atoms with van der Waals surface area (Å²) in [6.07, 6.45) is 0. The number of nitrogen functional groups attached to an aromatic ring is 1. The Balaban J connectivity index is 2.48. The first-order chi connectivity index (χ1) is 8.49. The molecule has 0 radical (unpaired) electrons. The van der Waals surface area contributed by atoms with Gasteiger partial charge in [0, 0.05) is 30.8 Å². The van der Waals surface area contributed by atoms with E-state index in [0.29, 0.717) is 30.8 Å². The number of carbonyl (C=O) groups excluding carboxylic acids is 1. The molecule has 18 heavy (non-hydrogen) atoms. The molecule has 0 aliphatic carbocycles. The van der Waals surface area contributed by atoms with Gasteiger partial charge < -0.3 is 5.73 Å². The van der Waals surface area contributed by atoms with Crippen molar-refractivity contribution in [2.45, 2.75) is 0 Å². The van der Waals surface area contributed by atoms with E-state index in [0.717, 1.165) is 0 Å². The Hall–Kier alpha value is -0.840.